The minimum Gasteiger partial charge on any atom is -0.469 e. The molecular formula is C25H26N2O2. The van der Waals surface area contributed by atoms with Crippen LogP contribution in [0.15, 0.2) is 66.2 Å². The number of ether oxygens (including phenoxy) is 1. The Bertz CT molecular complexity index is 1080. The molecule has 0 radical (unpaired) electrons. The maximum absolute atomic E-state index is 12.9. The van der Waals surface area contributed by atoms with Crippen LogP contribution in [-0.4, -0.2) is 29.5 Å². The molecule has 4 heteroatoms. The van der Waals surface area contributed by atoms with Crippen molar-refractivity contribution in [2.45, 2.75) is 31.8 Å². The fourth-order valence-electron chi connectivity index (χ4n) is 5.34. The molecule has 3 atom stereocenters. The number of allylic oxidation sites excluding steroid dienone is 1. The zero-order valence-electron chi connectivity index (χ0n) is 16.9. The molecule has 29 heavy (non-hydrogen) atoms. The molecule has 5 rings (SSSR count). The van der Waals surface area contributed by atoms with Gasteiger partial charge in [0.1, 0.15) is 0 Å². The van der Waals surface area contributed by atoms with E-state index < -0.39 is 0 Å². The highest BCUT2D eigenvalue weighted by Gasteiger charge is 2.48. The summed E-state index contributed by atoms with van der Waals surface area (Å²) in [6.07, 6.45) is 3.14. The average Bonchev–Trinajstić information content (AvgIpc) is 3.15. The quantitative estimate of drug-likeness (QED) is 0.512. The largest absolute Gasteiger partial charge is 0.469 e. The van der Waals surface area contributed by atoms with Gasteiger partial charge in [-0.25, -0.2) is 0 Å². The molecule has 1 N–H and O–H groups in total. The number of carbonyl (C=O) groups is 1. The van der Waals surface area contributed by atoms with Gasteiger partial charge in [-0.1, -0.05) is 60.2 Å². The van der Waals surface area contributed by atoms with E-state index in [2.05, 4.69) is 65.3 Å². The number of hydrogen-bond donors (Lipinski definition) is 1. The number of carbonyl (C=O) groups excluding carboxylic acids is 1. The van der Waals surface area contributed by atoms with E-state index in [0.29, 0.717) is 0 Å². The number of methoxy groups -OCH3 is 1. The molecule has 1 saturated heterocycles. The highest BCUT2D eigenvalue weighted by atomic mass is 16.5. The van der Waals surface area contributed by atoms with Gasteiger partial charge in [0, 0.05) is 35.6 Å². The number of nitrogens with zero attached hydrogens (tertiary/aromatic N) is 1. The Hall–Kier alpha value is -2.85. The maximum atomic E-state index is 12.9. The van der Waals surface area contributed by atoms with Crippen molar-refractivity contribution < 1.29 is 9.53 Å². The summed E-state index contributed by atoms with van der Waals surface area (Å²) >= 11 is 0. The topological polar surface area (TPSA) is 45.3 Å². The van der Waals surface area contributed by atoms with Gasteiger partial charge >= 0.3 is 5.97 Å². The first kappa shape index (κ1) is 18.2. The molecule has 2 aliphatic rings. The first-order valence-corrected chi connectivity index (χ1v) is 10.3. The van der Waals surface area contributed by atoms with Crippen molar-refractivity contribution in [1.29, 1.82) is 0 Å². The monoisotopic (exact) mass is 386 g/mol. The van der Waals surface area contributed by atoms with Crippen LogP contribution in [0.1, 0.15) is 42.1 Å². The SMILES string of the molecule is C/C=C1/CN(Cc2ccccc2)[C@H]2C[C@@H]1[C@@H](C(=O)OC)c1c2[nH]c2ccccc12. The Labute approximate surface area is 171 Å². The molecule has 2 heterocycles. The molecule has 1 fully saturated rings. The molecule has 1 aliphatic carbocycles. The van der Waals surface area contributed by atoms with Crippen molar-refractivity contribution in [3.63, 3.8) is 0 Å². The number of benzene rings is 2. The van der Waals surface area contributed by atoms with E-state index in [0.717, 1.165) is 36.0 Å². The molecule has 2 bridgehead atoms. The van der Waals surface area contributed by atoms with Crippen molar-refractivity contribution in [1.82, 2.24) is 9.88 Å². The number of aromatic amines is 1. The Balaban J connectivity index is 1.67. The molecule has 3 aromatic rings. The van der Waals surface area contributed by atoms with Gasteiger partial charge in [0.25, 0.3) is 0 Å². The summed E-state index contributed by atoms with van der Waals surface area (Å²) in [6.45, 7) is 3.87. The number of rotatable bonds is 3. The van der Waals surface area contributed by atoms with E-state index >= 15 is 0 Å². The Kier molecular flexibility index (Phi) is 4.51. The van der Waals surface area contributed by atoms with Crippen LogP contribution in [0.5, 0.6) is 0 Å². The van der Waals surface area contributed by atoms with Crippen LogP contribution in [-0.2, 0) is 16.1 Å². The maximum Gasteiger partial charge on any atom is 0.313 e. The molecule has 0 unspecified atom stereocenters. The molecule has 4 nitrogen and oxygen atoms in total. The number of para-hydroxylation sites is 1. The third-order valence-electron chi connectivity index (χ3n) is 6.66. The Morgan fingerprint density at radius 3 is 2.69 bits per heavy atom. The van der Waals surface area contributed by atoms with Crippen LogP contribution in [0.25, 0.3) is 10.9 Å². The summed E-state index contributed by atoms with van der Waals surface area (Å²) < 4.78 is 5.28. The summed E-state index contributed by atoms with van der Waals surface area (Å²) in [6, 6.07) is 19.2. The highest BCUT2D eigenvalue weighted by Crippen LogP contribution is 2.53. The second kappa shape index (κ2) is 7.20. The van der Waals surface area contributed by atoms with Crippen molar-refractivity contribution in [2.24, 2.45) is 5.92 Å². The first-order valence-electron chi connectivity index (χ1n) is 10.3. The molecule has 2 aromatic carbocycles. The van der Waals surface area contributed by atoms with Gasteiger partial charge in [-0.05, 0) is 30.5 Å². The molecule has 0 spiro atoms. The van der Waals surface area contributed by atoms with Crippen LogP contribution >= 0.6 is 0 Å². The number of likely N-dealkylation sites (tertiary alicyclic amines) is 1. The molecule has 0 amide bonds. The standard InChI is InChI=1S/C25H26N2O2/c1-3-17-15-27(14-16-9-5-4-6-10-16)21-13-19(17)23(25(28)29-2)22-18-11-7-8-12-20(18)26-24(21)22/h3-12,19,21,23,26H,13-15H2,1-2H3/b17-3-/t19-,21-,23+/m0/s1. The molecule has 0 saturated carbocycles. The van der Waals surface area contributed by atoms with Crippen molar-refractivity contribution >= 4 is 16.9 Å². The number of esters is 1. The van der Waals surface area contributed by atoms with Gasteiger partial charge in [0.15, 0.2) is 0 Å². The summed E-state index contributed by atoms with van der Waals surface area (Å²) in [5, 5.41) is 1.14. The van der Waals surface area contributed by atoms with Crippen LogP contribution in [0.4, 0.5) is 0 Å². The van der Waals surface area contributed by atoms with E-state index in [4.69, 9.17) is 4.74 Å². The number of hydrogen-bond acceptors (Lipinski definition) is 3. The van der Waals surface area contributed by atoms with Crippen molar-refractivity contribution in [3.05, 3.63) is 83.1 Å². The van der Waals surface area contributed by atoms with E-state index in [9.17, 15) is 4.79 Å². The number of fused-ring (bicyclic) bond motifs is 6. The predicted octanol–water partition coefficient (Wildman–Crippen LogP) is 4.95. The number of aromatic nitrogens is 1. The summed E-state index contributed by atoms with van der Waals surface area (Å²) in [7, 11) is 1.50. The second-order valence-corrected chi connectivity index (χ2v) is 8.11. The molecule has 1 aliphatic heterocycles. The van der Waals surface area contributed by atoms with Gasteiger partial charge in [-0.15, -0.1) is 0 Å². The highest BCUT2D eigenvalue weighted by molar-refractivity contribution is 5.92. The van der Waals surface area contributed by atoms with Crippen molar-refractivity contribution in [3.8, 4) is 0 Å². The van der Waals surface area contributed by atoms with Crippen LogP contribution in [0, 0.1) is 5.92 Å². The lowest BCUT2D eigenvalue weighted by molar-refractivity contribution is -0.144. The zero-order chi connectivity index (χ0) is 20.0. The number of H-pyrrole nitrogens is 1. The lowest BCUT2D eigenvalue weighted by Crippen LogP contribution is -2.45. The second-order valence-electron chi connectivity index (χ2n) is 8.11. The fraction of sp³-hybridized carbons (Fsp3) is 0.320. The summed E-state index contributed by atoms with van der Waals surface area (Å²) in [5.74, 6) is -0.182. The lowest BCUT2D eigenvalue weighted by atomic mass is 9.68. The minimum absolute atomic E-state index is 0.129. The lowest BCUT2D eigenvalue weighted by Gasteiger charge is -2.47. The number of nitrogens with one attached hydrogen (secondary N) is 1. The van der Waals surface area contributed by atoms with Gasteiger partial charge in [0.2, 0.25) is 0 Å². The predicted molar refractivity (Wildman–Crippen MR) is 115 cm³/mol. The summed E-state index contributed by atoms with van der Waals surface area (Å²) in [5.41, 5.74) is 6.06. The average molecular weight is 386 g/mol. The Morgan fingerprint density at radius 2 is 1.93 bits per heavy atom. The normalized spacial score (nSPS) is 25.2. The molecular weight excluding hydrogens is 360 g/mol. The third-order valence-corrected chi connectivity index (χ3v) is 6.66. The van der Waals surface area contributed by atoms with Crippen molar-refractivity contribution in [2.75, 3.05) is 13.7 Å². The van der Waals surface area contributed by atoms with E-state index in [1.807, 2.05) is 12.1 Å². The zero-order valence-corrected chi connectivity index (χ0v) is 16.9. The summed E-state index contributed by atoms with van der Waals surface area (Å²) in [4.78, 5) is 19.1. The minimum atomic E-state index is -0.243. The fourth-order valence-corrected chi connectivity index (χ4v) is 5.34. The van der Waals surface area contributed by atoms with Gasteiger partial charge in [-0.2, -0.15) is 0 Å². The smallest absolute Gasteiger partial charge is 0.313 e. The van der Waals surface area contributed by atoms with Crippen LogP contribution < -0.4 is 0 Å². The third kappa shape index (κ3) is 2.90. The van der Waals surface area contributed by atoms with Gasteiger partial charge in [0.05, 0.1) is 19.1 Å². The van der Waals surface area contributed by atoms with E-state index in [1.165, 1.54) is 23.9 Å². The Morgan fingerprint density at radius 1 is 1.17 bits per heavy atom. The van der Waals surface area contributed by atoms with E-state index in [-0.39, 0.29) is 23.8 Å². The van der Waals surface area contributed by atoms with Gasteiger partial charge < -0.3 is 9.72 Å². The molecule has 1 aromatic heterocycles. The van der Waals surface area contributed by atoms with Gasteiger partial charge in [-0.3, -0.25) is 9.69 Å². The molecule has 148 valence electrons. The van der Waals surface area contributed by atoms with Crippen LogP contribution in [0.3, 0.4) is 0 Å². The van der Waals surface area contributed by atoms with E-state index in [1.54, 1.807) is 0 Å². The number of piperidine rings is 1. The first-order chi connectivity index (χ1) is 14.2. The van der Waals surface area contributed by atoms with Crippen LogP contribution in [0.2, 0.25) is 0 Å².